The summed E-state index contributed by atoms with van der Waals surface area (Å²) in [6.45, 7) is 2.79. The zero-order chi connectivity index (χ0) is 18.2. The van der Waals surface area contributed by atoms with Gasteiger partial charge in [-0.25, -0.2) is 0 Å². The highest BCUT2D eigenvalue weighted by Crippen LogP contribution is 2.26. The molecule has 0 saturated heterocycles. The van der Waals surface area contributed by atoms with Crippen LogP contribution < -0.4 is 14.8 Å². The number of carbonyl (C=O) groups excluding carboxylic acids is 1. The summed E-state index contributed by atoms with van der Waals surface area (Å²) in [5, 5.41) is 4.99. The van der Waals surface area contributed by atoms with Crippen LogP contribution in [0.25, 0.3) is 10.8 Å². The molecule has 0 unspecified atom stereocenters. The van der Waals surface area contributed by atoms with Crippen LogP contribution in [0.4, 0.5) is 0 Å². The van der Waals surface area contributed by atoms with Crippen molar-refractivity contribution in [2.45, 2.75) is 19.4 Å². The minimum Gasteiger partial charge on any atom is -0.492 e. The van der Waals surface area contributed by atoms with Crippen molar-refractivity contribution in [3.05, 3.63) is 72.8 Å². The van der Waals surface area contributed by atoms with Crippen molar-refractivity contribution in [3.8, 4) is 11.5 Å². The van der Waals surface area contributed by atoms with E-state index in [-0.39, 0.29) is 5.91 Å². The Balaban J connectivity index is 1.55. The molecule has 3 aromatic carbocycles. The Labute approximate surface area is 153 Å². The Morgan fingerprint density at radius 2 is 1.69 bits per heavy atom. The van der Waals surface area contributed by atoms with Crippen molar-refractivity contribution in [1.29, 1.82) is 0 Å². The third-order valence-electron chi connectivity index (χ3n) is 4.10. The fourth-order valence-corrected chi connectivity index (χ4v) is 2.75. The summed E-state index contributed by atoms with van der Waals surface area (Å²) in [6.07, 6.45) is 0.0618. The summed E-state index contributed by atoms with van der Waals surface area (Å²) < 4.78 is 11.6. The van der Waals surface area contributed by atoms with Crippen molar-refractivity contribution in [1.82, 2.24) is 5.32 Å². The molecule has 26 heavy (non-hydrogen) atoms. The molecule has 4 heteroatoms. The van der Waals surface area contributed by atoms with Gasteiger partial charge >= 0.3 is 0 Å². The van der Waals surface area contributed by atoms with Crippen LogP contribution in [0.2, 0.25) is 0 Å². The number of amides is 1. The summed E-state index contributed by atoms with van der Waals surface area (Å²) in [5.74, 6) is 1.39. The lowest BCUT2D eigenvalue weighted by atomic mass is 10.1. The molecule has 0 aliphatic rings. The molecular weight excluding hydrogens is 326 g/mol. The van der Waals surface area contributed by atoms with Gasteiger partial charge in [0.2, 0.25) is 0 Å². The van der Waals surface area contributed by atoms with E-state index in [1.54, 1.807) is 0 Å². The molecule has 0 spiro atoms. The molecule has 3 rings (SSSR count). The van der Waals surface area contributed by atoms with Crippen LogP contribution in [0, 0.1) is 0 Å². The fraction of sp³-hybridized carbons (Fsp3) is 0.227. The number of fused-ring (bicyclic) bond motifs is 1. The molecular formula is C22H23NO3. The van der Waals surface area contributed by atoms with Gasteiger partial charge < -0.3 is 14.8 Å². The van der Waals surface area contributed by atoms with E-state index in [0.29, 0.717) is 19.6 Å². The zero-order valence-electron chi connectivity index (χ0n) is 14.9. The van der Waals surface area contributed by atoms with E-state index in [2.05, 4.69) is 5.32 Å². The van der Waals surface area contributed by atoms with Gasteiger partial charge in [0.1, 0.15) is 18.1 Å². The Bertz CT molecular complexity index is 843. The van der Waals surface area contributed by atoms with E-state index in [4.69, 9.17) is 9.47 Å². The van der Waals surface area contributed by atoms with Gasteiger partial charge in [0.25, 0.3) is 5.91 Å². The minimum absolute atomic E-state index is 0.128. The van der Waals surface area contributed by atoms with Crippen LogP contribution in [-0.4, -0.2) is 25.2 Å². The first-order valence-electron chi connectivity index (χ1n) is 8.88. The monoisotopic (exact) mass is 349 g/mol. The van der Waals surface area contributed by atoms with Crippen LogP contribution in [0.3, 0.4) is 0 Å². The number of para-hydroxylation sites is 1. The Kier molecular flexibility index (Phi) is 6.09. The topological polar surface area (TPSA) is 47.6 Å². The predicted octanol–water partition coefficient (Wildman–Crippen LogP) is 4.19. The first-order chi connectivity index (χ1) is 12.8. The van der Waals surface area contributed by atoms with E-state index in [0.717, 1.165) is 22.3 Å². The third-order valence-corrected chi connectivity index (χ3v) is 4.10. The molecule has 134 valence electrons. The van der Waals surface area contributed by atoms with Gasteiger partial charge in [-0.1, -0.05) is 61.5 Å². The summed E-state index contributed by atoms with van der Waals surface area (Å²) in [7, 11) is 0. The molecule has 0 radical (unpaired) electrons. The normalized spacial score (nSPS) is 11.7. The molecule has 1 N–H and O–H groups in total. The van der Waals surface area contributed by atoms with E-state index in [9.17, 15) is 4.79 Å². The first-order valence-corrected chi connectivity index (χ1v) is 8.88. The Hall–Kier alpha value is -3.01. The molecule has 0 fully saturated rings. The van der Waals surface area contributed by atoms with E-state index >= 15 is 0 Å². The van der Waals surface area contributed by atoms with Gasteiger partial charge in [0.15, 0.2) is 6.10 Å². The Morgan fingerprint density at radius 1 is 0.962 bits per heavy atom. The molecule has 0 aromatic heterocycles. The van der Waals surface area contributed by atoms with Gasteiger partial charge in [0, 0.05) is 5.39 Å². The number of hydrogen-bond donors (Lipinski definition) is 1. The van der Waals surface area contributed by atoms with Crippen LogP contribution in [0.15, 0.2) is 72.8 Å². The molecule has 0 saturated carbocycles. The third kappa shape index (κ3) is 4.54. The van der Waals surface area contributed by atoms with E-state index < -0.39 is 6.10 Å². The SMILES string of the molecule is CC[C@H](Oc1cccc2ccccc12)C(=O)NCCOc1ccccc1. The summed E-state index contributed by atoms with van der Waals surface area (Å²) >= 11 is 0. The number of nitrogens with one attached hydrogen (secondary N) is 1. The van der Waals surface area contributed by atoms with Crippen molar-refractivity contribution >= 4 is 16.7 Å². The van der Waals surface area contributed by atoms with Crippen molar-refractivity contribution in [2.75, 3.05) is 13.2 Å². The van der Waals surface area contributed by atoms with Crippen LogP contribution in [0.5, 0.6) is 11.5 Å². The average molecular weight is 349 g/mol. The van der Waals surface area contributed by atoms with Crippen LogP contribution in [0.1, 0.15) is 13.3 Å². The second kappa shape index (κ2) is 8.90. The maximum absolute atomic E-state index is 12.4. The highest BCUT2D eigenvalue weighted by Gasteiger charge is 2.18. The van der Waals surface area contributed by atoms with Gasteiger partial charge in [-0.15, -0.1) is 0 Å². The van der Waals surface area contributed by atoms with Crippen LogP contribution >= 0.6 is 0 Å². The van der Waals surface area contributed by atoms with Gasteiger partial charge in [-0.2, -0.15) is 0 Å². The number of carbonyl (C=O) groups is 1. The average Bonchev–Trinajstić information content (AvgIpc) is 2.70. The fourth-order valence-electron chi connectivity index (χ4n) is 2.75. The summed E-state index contributed by atoms with van der Waals surface area (Å²) in [4.78, 5) is 12.4. The molecule has 0 aliphatic heterocycles. The lowest BCUT2D eigenvalue weighted by Gasteiger charge is -2.18. The lowest BCUT2D eigenvalue weighted by molar-refractivity contribution is -0.128. The predicted molar refractivity (Wildman–Crippen MR) is 104 cm³/mol. The van der Waals surface area contributed by atoms with Gasteiger partial charge in [0.05, 0.1) is 6.54 Å². The largest absolute Gasteiger partial charge is 0.492 e. The quantitative estimate of drug-likeness (QED) is 0.620. The highest BCUT2D eigenvalue weighted by atomic mass is 16.5. The molecule has 0 bridgehead atoms. The minimum atomic E-state index is -0.530. The van der Waals surface area contributed by atoms with E-state index in [1.807, 2.05) is 79.7 Å². The standard InChI is InChI=1S/C22H23NO3/c1-2-20(22(24)23-15-16-25-18-11-4-3-5-12-18)26-21-14-8-10-17-9-6-7-13-19(17)21/h3-14,20H,2,15-16H2,1H3,(H,23,24)/t20-/m0/s1. The summed E-state index contributed by atoms with van der Waals surface area (Å²) in [5.41, 5.74) is 0. The molecule has 0 aliphatic carbocycles. The number of hydrogen-bond acceptors (Lipinski definition) is 3. The van der Waals surface area contributed by atoms with Crippen molar-refractivity contribution in [2.24, 2.45) is 0 Å². The van der Waals surface area contributed by atoms with Crippen molar-refractivity contribution in [3.63, 3.8) is 0 Å². The molecule has 4 nitrogen and oxygen atoms in total. The maximum atomic E-state index is 12.4. The van der Waals surface area contributed by atoms with Gasteiger partial charge in [-0.3, -0.25) is 4.79 Å². The second-order valence-corrected chi connectivity index (χ2v) is 5.94. The number of benzene rings is 3. The molecule has 1 amide bonds. The van der Waals surface area contributed by atoms with Gasteiger partial charge in [-0.05, 0) is 30.0 Å². The Morgan fingerprint density at radius 3 is 2.50 bits per heavy atom. The number of ether oxygens (including phenoxy) is 2. The highest BCUT2D eigenvalue weighted by molar-refractivity contribution is 5.89. The molecule has 3 aromatic rings. The summed E-state index contributed by atoms with van der Waals surface area (Å²) in [6, 6.07) is 23.4. The molecule has 1 atom stereocenters. The zero-order valence-corrected chi connectivity index (χ0v) is 14.9. The van der Waals surface area contributed by atoms with E-state index in [1.165, 1.54) is 0 Å². The van der Waals surface area contributed by atoms with Crippen molar-refractivity contribution < 1.29 is 14.3 Å². The lowest BCUT2D eigenvalue weighted by Crippen LogP contribution is -2.39. The smallest absolute Gasteiger partial charge is 0.261 e. The molecule has 0 heterocycles. The van der Waals surface area contributed by atoms with Crippen LogP contribution in [-0.2, 0) is 4.79 Å². The number of rotatable bonds is 8. The first kappa shape index (κ1) is 17.8. The maximum Gasteiger partial charge on any atom is 0.261 e. The second-order valence-electron chi connectivity index (χ2n) is 5.94.